The van der Waals surface area contributed by atoms with Gasteiger partial charge in [-0.1, -0.05) is 36.3 Å². The van der Waals surface area contributed by atoms with Crippen molar-refractivity contribution in [1.29, 1.82) is 0 Å². The highest BCUT2D eigenvalue weighted by Crippen LogP contribution is 2.45. The zero-order valence-electron chi connectivity index (χ0n) is 15.4. The lowest BCUT2D eigenvalue weighted by molar-refractivity contribution is 0.00908. The van der Waals surface area contributed by atoms with Gasteiger partial charge in [0.15, 0.2) is 0 Å². The summed E-state index contributed by atoms with van der Waals surface area (Å²) in [5.74, 6) is 1.33. The number of benzene rings is 1. The Hall–Kier alpha value is -1.81. The minimum absolute atomic E-state index is 0.0750. The second-order valence-corrected chi connectivity index (χ2v) is 8.50. The number of carbonyl (C=O) groups is 1. The summed E-state index contributed by atoms with van der Waals surface area (Å²) in [6.45, 7) is 3.31. The van der Waals surface area contributed by atoms with Crippen LogP contribution in [0.5, 0.6) is 0 Å². The number of rotatable bonds is 1. The Morgan fingerprint density at radius 3 is 2.85 bits per heavy atom. The molecule has 1 aromatic rings. The maximum Gasteiger partial charge on any atom is 0.322 e. The standard InChI is InChI=1S/C22H29N3O/c26-22(23-19-8-2-1-3-9-19)25-12-6-7-16-13-17-14-18(21(16)25)15-24-11-5-4-10-20(17)24/h1-3,8-9,13,17-18,20-21H,4-7,10-12,14-15H2,(H,23,26)/t17-,18-,20-,21+/m0/s1. The summed E-state index contributed by atoms with van der Waals surface area (Å²) in [6.07, 6.45) is 10.2. The summed E-state index contributed by atoms with van der Waals surface area (Å²) in [6, 6.07) is 11.0. The van der Waals surface area contributed by atoms with Gasteiger partial charge in [-0.3, -0.25) is 4.90 Å². The molecule has 2 bridgehead atoms. The van der Waals surface area contributed by atoms with E-state index in [-0.39, 0.29) is 6.03 Å². The predicted molar refractivity (Wildman–Crippen MR) is 104 cm³/mol. The molecule has 26 heavy (non-hydrogen) atoms. The second-order valence-electron chi connectivity index (χ2n) is 8.50. The fraction of sp³-hybridized carbons (Fsp3) is 0.591. The smallest absolute Gasteiger partial charge is 0.317 e. The molecule has 5 rings (SSSR count). The average molecular weight is 351 g/mol. The molecular weight excluding hydrogens is 322 g/mol. The first-order chi connectivity index (χ1) is 12.8. The van der Waals surface area contributed by atoms with Crippen molar-refractivity contribution in [3.05, 3.63) is 42.0 Å². The van der Waals surface area contributed by atoms with Crippen LogP contribution in [-0.4, -0.2) is 47.5 Å². The summed E-state index contributed by atoms with van der Waals surface area (Å²) in [4.78, 5) is 17.9. The number of urea groups is 1. The van der Waals surface area contributed by atoms with Crippen LogP contribution in [0.15, 0.2) is 42.0 Å². The van der Waals surface area contributed by atoms with Gasteiger partial charge in [0.1, 0.15) is 0 Å². The Bertz CT molecular complexity index is 701. The average Bonchev–Trinajstić information content (AvgIpc) is 2.68. The molecule has 3 fully saturated rings. The molecule has 4 heteroatoms. The first-order valence-corrected chi connectivity index (χ1v) is 10.4. The summed E-state index contributed by atoms with van der Waals surface area (Å²) in [7, 11) is 0. The van der Waals surface area contributed by atoms with Crippen molar-refractivity contribution in [1.82, 2.24) is 9.80 Å². The normalized spacial score (nSPS) is 33.7. The fourth-order valence-corrected chi connectivity index (χ4v) is 5.92. The summed E-state index contributed by atoms with van der Waals surface area (Å²) in [5, 5.41) is 3.12. The number of para-hydroxylation sites is 1. The van der Waals surface area contributed by atoms with Crippen molar-refractivity contribution >= 4 is 11.7 Å². The van der Waals surface area contributed by atoms with Crippen molar-refractivity contribution < 1.29 is 4.79 Å². The number of carbonyl (C=O) groups excluding carboxylic acids is 1. The van der Waals surface area contributed by atoms with Crippen LogP contribution in [0.3, 0.4) is 0 Å². The van der Waals surface area contributed by atoms with Crippen LogP contribution in [0.25, 0.3) is 0 Å². The molecule has 3 heterocycles. The van der Waals surface area contributed by atoms with E-state index in [2.05, 4.69) is 21.2 Å². The maximum atomic E-state index is 13.0. The molecule has 1 aromatic carbocycles. The van der Waals surface area contributed by atoms with Crippen molar-refractivity contribution in [2.75, 3.05) is 25.0 Å². The van der Waals surface area contributed by atoms with E-state index in [1.165, 1.54) is 45.2 Å². The number of anilines is 1. The number of hydrogen-bond acceptors (Lipinski definition) is 2. The third-order valence-corrected chi connectivity index (χ3v) is 6.94. The summed E-state index contributed by atoms with van der Waals surface area (Å²) < 4.78 is 0. The van der Waals surface area contributed by atoms with Crippen LogP contribution in [0, 0.1) is 11.8 Å². The van der Waals surface area contributed by atoms with Gasteiger partial charge in [-0.05, 0) is 62.6 Å². The van der Waals surface area contributed by atoms with Gasteiger partial charge in [-0.25, -0.2) is 4.79 Å². The lowest BCUT2D eigenvalue weighted by Crippen LogP contribution is -2.60. The molecule has 4 nitrogen and oxygen atoms in total. The fourth-order valence-electron chi connectivity index (χ4n) is 5.92. The van der Waals surface area contributed by atoms with E-state index in [1.807, 2.05) is 30.3 Å². The van der Waals surface area contributed by atoms with Gasteiger partial charge in [0, 0.05) is 24.8 Å². The van der Waals surface area contributed by atoms with Crippen LogP contribution in [-0.2, 0) is 0 Å². The van der Waals surface area contributed by atoms with Crippen LogP contribution >= 0.6 is 0 Å². The van der Waals surface area contributed by atoms with Crippen molar-refractivity contribution in [3.8, 4) is 0 Å². The highest BCUT2D eigenvalue weighted by molar-refractivity contribution is 5.89. The van der Waals surface area contributed by atoms with Crippen molar-refractivity contribution in [2.24, 2.45) is 11.8 Å². The number of nitrogens with one attached hydrogen (secondary N) is 1. The second kappa shape index (κ2) is 6.73. The predicted octanol–water partition coefficient (Wildman–Crippen LogP) is 4.11. The Kier molecular flexibility index (Phi) is 4.24. The maximum absolute atomic E-state index is 13.0. The van der Waals surface area contributed by atoms with Gasteiger partial charge in [0.05, 0.1) is 6.04 Å². The first-order valence-electron chi connectivity index (χ1n) is 10.4. The van der Waals surface area contributed by atoms with Gasteiger partial charge in [0.2, 0.25) is 0 Å². The number of likely N-dealkylation sites (tertiary alicyclic amines) is 1. The molecule has 3 aliphatic heterocycles. The van der Waals surface area contributed by atoms with E-state index in [0.29, 0.717) is 12.0 Å². The van der Waals surface area contributed by atoms with Crippen LogP contribution < -0.4 is 5.32 Å². The van der Waals surface area contributed by atoms with E-state index in [1.54, 1.807) is 5.57 Å². The zero-order valence-corrected chi connectivity index (χ0v) is 15.4. The quantitative estimate of drug-likeness (QED) is 0.773. The van der Waals surface area contributed by atoms with Crippen LogP contribution in [0.2, 0.25) is 0 Å². The molecule has 138 valence electrons. The van der Waals surface area contributed by atoms with E-state index < -0.39 is 0 Å². The highest BCUT2D eigenvalue weighted by atomic mass is 16.2. The third kappa shape index (κ3) is 2.84. The number of hydrogen-bond donors (Lipinski definition) is 1. The van der Waals surface area contributed by atoms with Gasteiger partial charge in [0.25, 0.3) is 0 Å². The Balaban J connectivity index is 1.39. The lowest BCUT2D eigenvalue weighted by atomic mass is 9.68. The topological polar surface area (TPSA) is 35.6 Å². The minimum atomic E-state index is 0.0750. The Morgan fingerprint density at radius 2 is 1.96 bits per heavy atom. The van der Waals surface area contributed by atoms with Crippen molar-refractivity contribution in [3.63, 3.8) is 0 Å². The van der Waals surface area contributed by atoms with Crippen molar-refractivity contribution in [2.45, 2.75) is 50.6 Å². The summed E-state index contributed by atoms with van der Waals surface area (Å²) in [5.41, 5.74) is 2.44. The van der Waals surface area contributed by atoms with Gasteiger partial charge in [-0.2, -0.15) is 0 Å². The van der Waals surface area contributed by atoms with E-state index in [0.717, 1.165) is 30.6 Å². The monoisotopic (exact) mass is 351 g/mol. The molecule has 0 unspecified atom stereocenters. The first kappa shape index (κ1) is 16.4. The van der Waals surface area contributed by atoms with Gasteiger partial charge in [-0.15, -0.1) is 0 Å². The van der Waals surface area contributed by atoms with E-state index >= 15 is 0 Å². The number of piperidine rings is 3. The molecule has 0 spiro atoms. The Labute approximate surface area is 156 Å². The molecule has 0 aromatic heterocycles. The van der Waals surface area contributed by atoms with Gasteiger partial charge >= 0.3 is 6.03 Å². The van der Waals surface area contributed by atoms with Crippen LogP contribution in [0.4, 0.5) is 10.5 Å². The molecule has 4 atom stereocenters. The molecule has 4 aliphatic rings. The largest absolute Gasteiger partial charge is 0.322 e. The molecule has 3 saturated heterocycles. The molecule has 0 radical (unpaired) electrons. The van der Waals surface area contributed by atoms with Crippen LogP contribution in [0.1, 0.15) is 38.5 Å². The minimum Gasteiger partial charge on any atom is -0.317 e. The number of nitrogens with zero attached hydrogens (tertiary/aromatic N) is 2. The Morgan fingerprint density at radius 1 is 1.08 bits per heavy atom. The molecule has 1 N–H and O–H groups in total. The SMILES string of the molecule is O=C(Nc1ccccc1)N1CCCC2=C[C@H]3C[C@@H](CN4CCCC[C@@H]34)[C@@H]21. The zero-order chi connectivity index (χ0) is 17.5. The van der Waals surface area contributed by atoms with Gasteiger partial charge < -0.3 is 10.2 Å². The molecule has 2 amide bonds. The molecule has 0 saturated carbocycles. The molecule has 1 aliphatic carbocycles. The third-order valence-electron chi connectivity index (χ3n) is 6.94. The van der Waals surface area contributed by atoms with E-state index in [4.69, 9.17) is 0 Å². The highest BCUT2D eigenvalue weighted by Gasteiger charge is 2.46. The summed E-state index contributed by atoms with van der Waals surface area (Å²) >= 11 is 0. The number of fused-ring (bicyclic) bond motifs is 6. The molecular formula is C22H29N3O. The number of amides is 2. The van der Waals surface area contributed by atoms with E-state index in [9.17, 15) is 4.79 Å². The lowest BCUT2D eigenvalue weighted by Gasteiger charge is -2.54.